The smallest absolute Gasteiger partial charge is 0.243 e. The first-order valence-corrected chi connectivity index (χ1v) is 7.41. The third kappa shape index (κ3) is 2.88. The van der Waals surface area contributed by atoms with Crippen LogP contribution in [0.3, 0.4) is 0 Å². The summed E-state index contributed by atoms with van der Waals surface area (Å²) in [5, 5.41) is 0. The number of aryl methyl sites for hydroxylation is 1. The van der Waals surface area contributed by atoms with Crippen molar-refractivity contribution in [3.8, 4) is 0 Å². The van der Waals surface area contributed by atoms with E-state index in [0.717, 1.165) is 12.8 Å². The predicted molar refractivity (Wildman–Crippen MR) is 67.0 cm³/mol. The van der Waals surface area contributed by atoms with Gasteiger partial charge < -0.3 is 5.73 Å². The molecule has 6 heteroatoms. The molecule has 3 N–H and O–H groups in total. The lowest BCUT2D eigenvalue weighted by Gasteiger charge is -2.16. The van der Waals surface area contributed by atoms with Gasteiger partial charge in [0.2, 0.25) is 10.0 Å². The second kappa shape index (κ2) is 4.95. The highest BCUT2D eigenvalue weighted by molar-refractivity contribution is 7.89. The first-order valence-electron chi connectivity index (χ1n) is 5.92. The average molecular weight is 272 g/mol. The molecule has 0 aliphatic heterocycles. The minimum atomic E-state index is -3.83. The Bertz CT molecular complexity index is 541. The molecule has 1 saturated carbocycles. The zero-order valence-electron chi connectivity index (χ0n) is 10.2. The van der Waals surface area contributed by atoms with E-state index in [4.69, 9.17) is 5.73 Å². The number of benzene rings is 1. The highest BCUT2D eigenvalue weighted by Crippen LogP contribution is 2.33. The lowest BCUT2D eigenvalue weighted by Crippen LogP contribution is -2.41. The molecule has 1 aromatic carbocycles. The van der Waals surface area contributed by atoms with Gasteiger partial charge in [-0.25, -0.2) is 17.5 Å². The Balaban J connectivity index is 2.26. The van der Waals surface area contributed by atoms with Crippen molar-refractivity contribution in [1.29, 1.82) is 0 Å². The number of nitrogens with two attached hydrogens (primary N) is 1. The van der Waals surface area contributed by atoms with Gasteiger partial charge in [0.1, 0.15) is 10.7 Å². The Morgan fingerprint density at radius 2 is 2.17 bits per heavy atom. The molecule has 0 saturated heterocycles. The van der Waals surface area contributed by atoms with Crippen LogP contribution in [0.1, 0.15) is 18.4 Å². The Morgan fingerprint density at radius 1 is 1.50 bits per heavy atom. The summed E-state index contributed by atoms with van der Waals surface area (Å²) in [5.41, 5.74) is 6.25. The van der Waals surface area contributed by atoms with Crippen molar-refractivity contribution in [2.45, 2.75) is 30.7 Å². The van der Waals surface area contributed by atoms with E-state index in [2.05, 4.69) is 4.72 Å². The van der Waals surface area contributed by atoms with E-state index in [1.54, 1.807) is 6.92 Å². The molecular weight excluding hydrogens is 255 g/mol. The maximum absolute atomic E-state index is 13.6. The summed E-state index contributed by atoms with van der Waals surface area (Å²) in [6, 6.07) is 3.74. The van der Waals surface area contributed by atoms with Gasteiger partial charge in [0.05, 0.1) is 0 Å². The summed E-state index contributed by atoms with van der Waals surface area (Å²) in [7, 11) is -3.83. The third-order valence-corrected chi connectivity index (χ3v) is 4.63. The average Bonchev–Trinajstić information content (AvgIpc) is 3.13. The summed E-state index contributed by atoms with van der Waals surface area (Å²) in [4.78, 5) is -0.304. The van der Waals surface area contributed by atoms with Crippen LogP contribution in [0.2, 0.25) is 0 Å². The molecule has 18 heavy (non-hydrogen) atoms. The molecule has 1 fully saturated rings. The quantitative estimate of drug-likeness (QED) is 0.844. The Labute approximate surface area is 106 Å². The largest absolute Gasteiger partial charge is 0.329 e. The van der Waals surface area contributed by atoms with Gasteiger partial charge in [-0.2, -0.15) is 0 Å². The lowest BCUT2D eigenvalue weighted by molar-refractivity contribution is 0.511. The maximum Gasteiger partial charge on any atom is 0.243 e. The molecule has 1 aromatic rings. The molecule has 1 unspecified atom stereocenters. The zero-order chi connectivity index (χ0) is 13.3. The van der Waals surface area contributed by atoms with Crippen molar-refractivity contribution < 1.29 is 12.8 Å². The zero-order valence-corrected chi connectivity index (χ0v) is 11.0. The number of hydrogen-bond donors (Lipinski definition) is 2. The highest BCUT2D eigenvalue weighted by Gasteiger charge is 2.34. The van der Waals surface area contributed by atoms with E-state index >= 15 is 0 Å². The minimum absolute atomic E-state index is 0.233. The molecule has 1 aliphatic carbocycles. The first-order chi connectivity index (χ1) is 8.44. The van der Waals surface area contributed by atoms with Gasteiger partial charge in [-0.05, 0) is 43.4 Å². The molecule has 4 nitrogen and oxygen atoms in total. The first kappa shape index (κ1) is 13.5. The Kier molecular flexibility index (Phi) is 3.70. The molecule has 1 aliphatic rings. The highest BCUT2D eigenvalue weighted by atomic mass is 32.2. The van der Waals surface area contributed by atoms with Crippen molar-refractivity contribution in [2.75, 3.05) is 6.54 Å². The molecule has 0 bridgehead atoms. The monoisotopic (exact) mass is 272 g/mol. The fourth-order valence-electron chi connectivity index (χ4n) is 1.91. The summed E-state index contributed by atoms with van der Waals surface area (Å²) in [6.07, 6.45) is 1.95. The second-order valence-electron chi connectivity index (χ2n) is 4.73. The number of rotatable bonds is 5. The molecule has 0 aromatic heterocycles. The van der Waals surface area contributed by atoms with Crippen LogP contribution in [0.5, 0.6) is 0 Å². The van der Waals surface area contributed by atoms with Crippen LogP contribution in [0, 0.1) is 18.7 Å². The van der Waals surface area contributed by atoms with Crippen molar-refractivity contribution in [2.24, 2.45) is 11.7 Å². The van der Waals surface area contributed by atoms with Gasteiger partial charge >= 0.3 is 0 Å². The SMILES string of the molecule is Cc1ccc(F)c(S(=O)(=O)NC(CN)C2CC2)c1. The molecule has 100 valence electrons. The van der Waals surface area contributed by atoms with Crippen LogP contribution in [-0.4, -0.2) is 21.0 Å². The fourth-order valence-corrected chi connectivity index (χ4v) is 3.39. The molecule has 0 radical (unpaired) electrons. The van der Waals surface area contributed by atoms with Crippen LogP contribution in [0.15, 0.2) is 23.1 Å². The standard InChI is InChI=1S/C12H17FN2O2S/c1-8-2-5-10(13)12(6-8)18(16,17)15-11(7-14)9-3-4-9/h2,5-6,9,11,15H,3-4,7,14H2,1H3. The van der Waals surface area contributed by atoms with Gasteiger partial charge in [0.25, 0.3) is 0 Å². The maximum atomic E-state index is 13.6. The van der Waals surface area contributed by atoms with Crippen LogP contribution in [0.4, 0.5) is 4.39 Å². The molecule has 0 spiro atoms. The molecular formula is C12H17FN2O2S. The Morgan fingerprint density at radius 3 is 2.72 bits per heavy atom. The van der Waals surface area contributed by atoms with Crippen molar-refractivity contribution in [3.63, 3.8) is 0 Å². The summed E-state index contributed by atoms with van der Waals surface area (Å²) in [6.45, 7) is 1.96. The van der Waals surface area contributed by atoms with Crippen LogP contribution in [0.25, 0.3) is 0 Å². The molecule has 1 atom stereocenters. The van der Waals surface area contributed by atoms with Crippen LogP contribution in [-0.2, 0) is 10.0 Å². The molecule has 0 amide bonds. The second-order valence-corrected chi connectivity index (χ2v) is 6.42. The van der Waals surface area contributed by atoms with Crippen molar-refractivity contribution >= 4 is 10.0 Å². The third-order valence-electron chi connectivity index (χ3n) is 3.13. The predicted octanol–water partition coefficient (Wildman–Crippen LogP) is 1.15. The van der Waals surface area contributed by atoms with Gasteiger partial charge in [0, 0.05) is 12.6 Å². The number of nitrogens with one attached hydrogen (secondary N) is 1. The number of hydrogen-bond acceptors (Lipinski definition) is 3. The number of halogens is 1. The fraction of sp³-hybridized carbons (Fsp3) is 0.500. The molecule has 0 heterocycles. The van der Waals surface area contributed by atoms with E-state index < -0.39 is 15.8 Å². The summed E-state index contributed by atoms with van der Waals surface area (Å²) >= 11 is 0. The van der Waals surface area contributed by atoms with Gasteiger partial charge in [0.15, 0.2) is 0 Å². The van der Waals surface area contributed by atoms with Crippen molar-refractivity contribution in [3.05, 3.63) is 29.6 Å². The molecule has 2 rings (SSSR count). The van der Waals surface area contributed by atoms with Gasteiger partial charge in [-0.1, -0.05) is 6.07 Å². The minimum Gasteiger partial charge on any atom is -0.329 e. The summed E-state index contributed by atoms with van der Waals surface area (Å²) < 4.78 is 40.3. The summed E-state index contributed by atoms with van der Waals surface area (Å²) in [5.74, 6) is -0.447. The normalized spacial score (nSPS) is 17.7. The van der Waals surface area contributed by atoms with Crippen molar-refractivity contribution in [1.82, 2.24) is 4.72 Å². The Hall–Kier alpha value is -0.980. The van der Waals surface area contributed by atoms with Crippen LogP contribution >= 0.6 is 0 Å². The van der Waals surface area contributed by atoms with E-state index in [0.29, 0.717) is 5.56 Å². The topological polar surface area (TPSA) is 72.2 Å². The van der Waals surface area contributed by atoms with E-state index in [1.807, 2.05) is 0 Å². The van der Waals surface area contributed by atoms with Crippen LogP contribution < -0.4 is 10.5 Å². The van der Waals surface area contributed by atoms with E-state index in [9.17, 15) is 12.8 Å². The lowest BCUT2D eigenvalue weighted by atomic mass is 10.2. The van der Waals surface area contributed by atoms with E-state index in [1.165, 1.54) is 18.2 Å². The number of sulfonamides is 1. The van der Waals surface area contributed by atoms with E-state index in [-0.39, 0.29) is 23.4 Å². The van der Waals surface area contributed by atoms with Gasteiger partial charge in [-0.15, -0.1) is 0 Å². The van der Waals surface area contributed by atoms with Gasteiger partial charge in [-0.3, -0.25) is 0 Å².